The van der Waals surface area contributed by atoms with Crippen LogP contribution < -0.4 is 5.32 Å². The number of halogens is 1. The van der Waals surface area contributed by atoms with Gasteiger partial charge in [0.1, 0.15) is 0 Å². The lowest BCUT2D eigenvalue weighted by atomic mass is 9.89. The van der Waals surface area contributed by atoms with E-state index in [1.54, 1.807) is 0 Å². The van der Waals surface area contributed by atoms with Gasteiger partial charge in [-0.2, -0.15) is 0 Å². The van der Waals surface area contributed by atoms with Gasteiger partial charge in [-0.25, -0.2) is 0 Å². The van der Waals surface area contributed by atoms with Gasteiger partial charge in [-0.05, 0) is 56.0 Å². The predicted octanol–water partition coefficient (Wildman–Crippen LogP) is 4.26. The first kappa shape index (κ1) is 14.7. The fraction of sp³-hybridized carbons (Fsp3) is 0.600. The van der Waals surface area contributed by atoms with Gasteiger partial charge in [-0.1, -0.05) is 48.3 Å². The molecule has 0 spiro atoms. The molecule has 17 heavy (non-hydrogen) atoms. The quantitative estimate of drug-likeness (QED) is 0.793. The fourth-order valence-electron chi connectivity index (χ4n) is 2.26. The van der Waals surface area contributed by atoms with Crippen molar-refractivity contribution in [2.75, 3.05) is 13.6 Å². The molecule has 1 aromatic rings. The third-order valence-corrected chi connectivity index (χ3v) is 3.83. The second-order valence-corrected chi connectivity index (χ2v) is 5.92. The van der Waals surface area contributed by atoms with Crippen LogP contribution in [0.3, 0.4) is 0 Å². The maximum Gasteiger partial charge on any atom is 0.0177 e. The largest absolute Gasteiger partial charge is 0.319 e. The molecule has 2 unspecified atom stereocenters. The van der Waals surface area contributed by atoms with E-state index in [1.165, 1.54) is 29.3 Å². The van der Waals surface area contributed by atoms with Crippen LogP contribution in [-0.4, -0.2) is 13.6 Å². The van der Waals surface area contributed by atoms with Gasteiger partial charge in [0.2, 0.25) is 0 Å². The molecule has 1 aromatic carbocycles. The van der Waals surface area contributed by atoms with E-state index < -0.39 is 0 Å². The monoisotopic (exact) mass is 297 g/mol. The summed E-state index contributed by atoms with van der Waals surface area (Å²) in [4.78, 5) is 0. The Kier molecular flexibility index (Phi) is 6.83. The molecule has 1 nitrogen and oxygen atoms in total. The number of rotatable bonds is 7. The number of nitrogens with one attached hydrogen (secondary N) is 1. The van der Waals surface area contributed by atoms with Gasteiger partial charge < -0.3 is 5.32 Å². The zero-order valence-corrected chi connectivity index (χ0v) is 12.8. The van der Waals surface area contributed by atoms with Crippen molar-refractivity contribution in [3.05, 3.63) is 34.3 Å². The first-order valence-corrected chi connectivity index (χ1v) is 7.34. The van der Waals surface area contributed by atoms with Crippen molar-refractivity contribution in [1.29, 1.82) is 0 Å². The Morgan fingerprint density at radius 3 is 2.71 bits per heavy atom. The third kappa shape index (κ3) is 5.69. The summed E-state index contributed by atoms with van der Waals surface area (Å²) in [6, 6.07) is 8.67. The summed E-state index contributed by atoms with van der Waals surface area (Å²) in [5, 5.41) is 3.32. The highest BCUT2D eigenvalue weighted by Crippen LogP contribution is 2.21. The van der Waals surface area contributed by atoms with E-state index in [4.69, 9.17) is 0 Å². The normalized spacial score (nSPS) is 14.6. The Hall–Kier alpha value is -0.340. The molecule has 0 saturated heterocycles. The third-order valence-electron chi connectivity index (χ3n) is 3.34. The Balaban J connectivity index is 2.59. The molecule has 2 heteroatoms. The van der Waals surface area contributed by atoms with Crippen molar-refractivity contribution < 1.29 is 0 Å². The fourth-order valence-corrected chi connectivity index (χ4v) is 2.71. The zero-order chi connectivity index (χ0) is 12.7. The van der Waals surface area contributed by atoms with Gasteiger partial charge in [0.25, 0.3) is 0 Å². The summed E-state index contributed by atoms with van der Waals surface area (Å²) >= 11 is 3.54. The van der Waals surface area contributed by atoms with Crippen molar-refractivity contribution in [3.63, 3.8) is 0 Å². The minimum Gasteiger partial charge on any atom is -0.319 e. The van der Waals surface area contributed by atoms with Crippen molar-refractivity contribution >= 4 is 15.9 Å². The maximum absolute atomic E-state index is 3.54. The maximum atomic E-state index is 3.54. The lowest BCUT2D eigenvalue weighted by Gasteiger charge is -2.20. The first-order valence-electron chi connectivity index (χ1n) is 6.54. The molecule has 0 fully saturated rings. The second kappa shape index (κ2) is 7.88. The van der Waals surface area contributed by atoms with Crippen LogP contribution in [0.4, 0.5) is 0 Å². The standard InChI is InChI=1S/C15H24BrN/c1-4-12(2)8-14(11-17-3)9-13-6-5-7-15(16)10-13/h5-7,10,12,14,17H,4,8-9,11H2,1-3H3. The topological polar surface area (TPSA) is 12.0 Å². The van der Waals surface area contributed by atoms with Crippen LogP contribution in [0.1, 0.15) is 32.3 Å². The Morgan fingerprint density at radius 1 is 1.35 bits per heavy atom. The summed E-state index contributed by atoms with van der Waals surface area (Å²) in [6.45, 7) is 5.74. The molecule has 0 bridgehead atoms. The number of benzene rings is 1. The van der Waals surface area contributed by atoms with Gasteiger partial charge >= 0.3 is 0 Å². The summed E-state index contributed by atoms with van der Waals surface area (Å²) in [7, 11) is 2.05. The van der Waals surface area contributed by atoms with Crippen LogP contribution in [0.25, 0.3) is 0 Å². The molecule has 0 radical (unpaired) electrons. The lowest BCUT2D eigenvalue weighted by molar-refractivity contribution is 0.371. The smallest absolute Gasteiger partial charge is 0.0177 e. The van der Waals surface area contributed by atoms with Crippen molar-refractivity contribution in [2.24, 2.45) is 11.8 Å². The van der Waals surface area contributed by atoms with Crippen LogP contribution in [0.2, 0.25) is 0 Å². The molecular formula is C15H24BrN. The molecule has 0 aromatic heterocycles. The van der Waals surface area contributed by atoms with E-state index >= 15 is 0 Å². The van der Waals surface area contributed by atoms with Crippen LogP contribution in [0.15, 0.2) is 28.7 Å². The molecule has 0 aliphatic rings. The molecule has 0 heterocycles. The van der Waals surface area contributed by atoms with Crippen LogP contribution in [0.5, 0.6) is 0 Å². The predicted molar refractivity (Wildman–Crippen MR) is 79.3 cm³/mol. The van der Waals surface area contributed by atoms with E-state index in [1.807, 2.05) is 7.05 Å². The lowest BCUT2D eigenvalue weighted by Crippen LogP contribution is -2.22. The SMILES string of the molecule is CCC(C)CC(CNC)Cc1cccc(Br)c1. The Bertz CT molecular complexity index is 324. The average Bonchev–Trinajstić information content (AvgIpc) is 2.29. The minimum absolute atomic E-state index is 0.740. The van der Waals surface area contributed by atoms with Crippen LogP contribution >= 0.6 is 15.9 Å². The first-order chi connectivity index (χ1) is 8.15. The van der Waals surface area contributed by atoms with E-state index in [2.05, 4.69) is 59.4 Å². The summed E-state index contributed by atoms with van der Waals surface area (Å²) < 4.78 is 1.18. The molecule has 96 valence electrons. The molecule has 0 amide bonds. The van der Waals surface area contributed by atoms with E-state index in [9.17, 15) is 0 Å². The Labute approximate surface area is 114 Å². The number of hydrogen-bond donors (Lipinski definition) is 1. The molecule has 0 saturated carbocycles. The summed E-state index contributed by atoms with van der Waals surface area (Å²) in [5.74, 6) is 1.56. The highest BCUT2D eigenvalue weighted by atomic mass is 79.9. The van der Waals surface area contributed by atoms with Crippen molar-refractivity contribution in [3.8, 4) is 0 Å². The summed E-state index contributed by atoms with van der Waals surface area (Å²) in [6.07, 6.45) is 3.76. The van der Waals surface area contributed by atoms with E-state index in [0.717, 1.165) is 18.4 Å². The molecular weight excluding hydrogens is 274 g/mol. The van der Waals surface area contributed by atoms with Gasteiger partial charge in [0.15, 0.2) is 0 Å². The van der Waals surface area contributed by atoms with E-state index in [-0.39, 0.29) is 0 Å². The Morgan fingerprint density at radius 2 is 2.12 bits per heavy atom. The van der Waals surface area contributed by atoms with Crippen LogP contribution in [-0.2, 0) is 6.42 Å². The highest BCUT2D eigenvalue weighted by Gasteiger charge is 2.12. The molecule has 1 N–H and O–H groups in total. The molecule has 0 aliphatic carbocycles. The van der Waals surface area contributed by atoms with Gasteiger partial charge in [-0.3, -0.25) is 0 Å². The zero-order valence-electron chi connectivity index (χ0n) is 11.2. The molecule has 0 aliphatic heterocycles. The van der Waals surface area contributed by atoms with Crippen LogP contribution in [0, 0.1) is 11.8 Å². The van der Waals surface area contributed by atoms with Crippen molar-refractivity contribution in [1.82, 2.24) is 5.32 Å². The van der Waals surface area contributed by atoms with Crippen molar-refractivity contribution in [2.45, 2.75) is 33.1 Å². The number of hydrogen-bond acceptors (Lipinski definition) is 1. The second-order valence-electron chi connectivity index (χ2n) is 5.01. The highest BCUT2D eigenvalue weighted by molar-refractivity contribution is 9.10. The van der Waals surface area contributed by atoms with Gasteiger partial charge in [0.05, 0.1) is 0 Å². The molecule has 1 rings (SSSR count). The van der Waals surface area contributed by atoms with E-state index in [0.29, 0.717) is 0 Å². The minimum atomic E-state index is 0.740. The van der Waals surface area contributed by atoms with Gasteiger partial charge in [0, 0.05) is 4.47 Å². The molecule has 2 atom stereocenters. The van der Waals surface area contributed by atoms with Gasteiger partial charge in [-0.15, -0.1) is 0 Å². The average molecular weight is 298 g/mol. The summed E-state index contributed by atoms with van der Waals surface area (Å²) in [5.41, 5.74) is 1.43.